The van der Waals surface area contributed by atoms with Crippen molar-refractivity contribution in [3.05, 3.63) is 36.4 Å². The number of nitrogens with zero attached hydrogens (tertiary/aromatic N) is 5. The Balaban J connectivity index is 1.42. The van der Waals surface area contributed by atoms with Gasteiger partial charge in [0.2, 0.25) is 17.6 Å². The number of carboxylic acid groups (broad SMARTS) is 1. The highest BCUT2D eigenvalue weighted by Crippen LogP contribution is 2.45. The second-order valence-electron chi connectivity index (χ2n) is 13.1. The maximum absolute atomic E-state index is 14.2. The topological polar surface area (TPSA) is 178 Å². The molecule has 1 aromatic carbocycles. The van der Waals surface area contributed by atoms with Gasteiger partial charge in [-0.15, -0.1) is 10.2 Å². The van der Waals surface area contributed by atoms with Crippen LogP contribution < -0.4 is 15.4 Å². The van der Waals surface area contributed by atoms with Crippen molar-refractivity contribution in [1.29, 1.82) is 0 Å². The summed E-state index contributed by atoms with van der Waals surface area (Å²) < 4.78 is 11.0. The Bertz CT molecular complexity index is 1470. The Morgan fingerprint density at radius 2 is 1.91 bits per heavy atom. The van der Waals surface area contributed by atoms with Crippen molar-refractivity contribution in [3.8, 4) is 17.1 Å². The average Bonchev–Trinajstić information content (AvgIpc) is 3.31. The monoisotopic (exact) mass is 637 g/mol. The van der Waals surface area contributed by atoms with Crippen molar-refractivity contribution in [2.45, 2.75) is 102 Å². The molecule has 46 heavy (non-hydrogen) atoms. The zero-order valence-electron chi connectivity index (χ0n) is 26.8. The number of hydrogen-bond donors (Lipinski definition) is 3. The fraction of sp³-hybridized carbons (Fsp3) is 0.594. The van der Waals surface area contributed by atoms with Gasteiger partial charge in [0.05, 0.1) is 12.6 Å². The van der Waals surface area contributed by atoms with E-state index in [4.69, 9.17) is 9.47 Å². The number of aromatic nitrogens is 4. The second kappa shape index (κ2) is 13.5. The summed E-state index contributed by atoms with van der Waals surface area (Å²) in [6.45, 7) is 7.71. The first-order valence-electron chi connectivity index (χ1n) is 15.9. The number of tetrazole rings is 1. The van der Waals surface area contributed by atoms with E-state index in [0.29, 0.717) is 36.6 Å². The Kier molecular flexibility index (Phi) is 9.63. The molecule has 0 spiro atoms. The van der Waals surface area contributed by atoms with Crippen LogP contribution >= 0.6 is 0 Å². The molecule has 0 bridgehead atoms. The number of amides is 3. The average molecular weight is 638 g/mol. The Morgan fingerprint density at radius 3 is 2.61 bits per heavy atom. The lowest BCUT2D eigenvalue weighted by molar-refractivity contribution is -0.145. The molecule has 0 unspecified atom stereocenters. The molecule has 5 rings (SSSR count). The number of benzene rings is 1. The fourth-order valence-electron chi connectivity index (χ4n) is 6.06. The number of fused-ring (bicyclic) bond motifs is 2. The second-order valence-corrected chi connectivity index (χ2v) is 13.1. The lowest BCUT2D eigenvalue weighted by Crippen LogP contribution is -2.56. The van der Waals surface area contributed by atoms with Crippen LogP contribution in [0.5, 0.6) is 5.75 Å². The van der Waals surface area contributed by atoms with E-state index < -0.39 is 53.1 Å². The van der Waals surface area contributed by atoms with Crippen LogP contribution in [0, 0.1) is 5.92 Å². The molecule has 0 radical (unpaired) electrons. The first-order chi connectivity index (χ1) is 21.9. The van der Waals surface area contributed by atoms with Crippen molar-refractivity contribution >= 4 is 23.9 Å². The molecular weight excluding hydrogens is 594 g/mol. The number of carbonyl (C=O) groups excluding carboxylic acids is 3. The summed E-state index contributed by atoms with van der Waals surface area (Å²) >= 11 is 0. The molecular formula is C32H43N7O7. The Labute approximate surface area is 267 Å². The predicted octanol–water partition coefficient (Wildman–Crippen LogP) is 3.25. The first-order valence-corrected chi connectivity index (χ1v) is 15.9. The number of carbonyl (C=O) groups is 4. The molecule has 248 valence electrons. The maximum atomic E-state index is 14.2. The van der Waals surface area contributed by atoms with E-state index in [1.165, 1.54) is 9.70 Å². The molecule has 1 aliphatic carbocycles. The van der Waals surface area contributed by atoms with Gasteiger partial charge in [0, 0.05) is 24.4 Å². The highest BCUT2D eigenvalue weighted by atomic mass is 16.6. The molecule has 1 aromatic heterocycles. The van der Waals surface area contributed by atoms with Crippen molar-refractivity contribution < 1.29 is 33.8 Å². The zero-order chi connectivity index (χ0) is 33.1. The molecule has 5 atom stereocenters. The Morgan fingerprint density at radius 1 is 1.15 bits per heavy atom. The van der Waals surface area contributed by atoms with Gasteiger partial charge in [0.1, 0.15) is 29.0 Å². The van der Waals surface area contributed by atoms with Crippen LogP contribution in [0.3, 0.4) is 0 Å². The molecule has 1 saturated heterocycles. The quantitative estimate of drug-likeness (QED) is 0.398. The van der Waals surface area contributed by atoms with Gasteiger partial charge in [-0.05, 0) is 82.9 Å². The number of ether oxygens (including phenoxy) is 2. The number of allylic oxidation sites excluding steroid dienone is 1. The Hall–Kier alpha value is -4.49. The smallest absolute Gasteiger partial charge is 0.408 e. The number of rotatable bonds is 6. The molecule has 14 heteroatoms. The van der Waals surface area contributed by atoms with Crippen molar-refractivity contribution in [1.82, 2.24) is 35.7 Å². The van der Waals surface area contributed by atoms with Gasteiger partial charge in [0.15, 0.2) is 0 Å². The number of aliphatic carboxylic acids is 1. The summed E-state index contributed by atoms with van der Waals surface area (Å²) in [6, 6.07) is 4.76. The molecule has 1 saturated carbocycles. The third kappa shape index (κ3) is 7.48. The largest absolute Gasteiger partial charge is 0.494 e. The van der Waals surface area contributed by atoms with Gasteiger partial charge in [0.25, 0.3) is 0 Å². The lowest BCUT2D eigenvalue weighted by Gasteiger charge is -2.30. The minimum atomic E-state index is -1.43. The summed E-state index contributed by atoms with van der Waals surface area (Å²) in [6.07, 6.45) is 6.90. The zero-order valence-corrected chi connectivity index (χ0v) is 26.8. The summed E-state index contributed by atoms with van der Waals surface area (Å²) in [5.74, 6) is -1.40. The normalized spacial score (nSPS) is 27.0. The molecule has 2 aromatic rings. The molecule has 3 heterocycles. The van der Waals surface area contributed by atoms with Gasteiger partial charge in [-0.25, -0.2) is 9.59 Å². The lowest BCUT2D eigenvalue weighted by atomic mass is 10.0. The van der Waals surface area contributed by atoms with Gasteiger partial charge in [-0.3, -0.25) is 9.59 Å². The molecule has 2 aliphatic heterocycles. The van der Waals surface area contributed by atoms with Crippen LogP contribution in [-0.4, -0.2) is 90.5 Å². The highest BCUT2D eigenvalue weighted by molar-refractivity contribution is 5.96. The van der Waals surface area contributed by atoms with E-state index in [2.05, 4.69) is 26.0 Å². The summed E-state index contributed by atoms with van der Waals surface area (Å²) in [5, 5.41) is 28.6. The minimum Gasteiger partial charge on any atom is -0.494 e. The van der Waals surface area contributed by atoms with Crippen LogP contribution in [0.25, 0.3) is 11.4 Å². The number of carboxylic acids is 1. The standard InChI is InChI=1S/C32H43N7O7/c1-5-45-23-15-13-20(14-16-23)26-35-37-39(36-26)22-17-25-27(40)34-32(29(42)43)18-21(32)11-9-7-6-8-10-12-24(28(41)38(25)19-22)33-30(44)46-31(2,3)4/h9,11,13-16,21-22,24-25H,5-8,10,12,17-19H2,1-4H3,(H,33,44)(H,34,40)(H,42,43)/t21-,22+,24-,25+,32+/m1/s1. The van der Waals surface area contributed by atoms with Gasteiger partial charge in [-0.2, -0.15) is 4.80 Å². The predicted molar refractivity (Wildman–Crippen MR) is 166 cm³/mol. The summed E-state index contributed by atoms with van der Waals surface area (Å²) in [4.78, 5) is 56.0. The minimum absolute atomic E-state index is 0.0614. The van der Waals surface area contributed by atoms with Crippen molar-refractivity contribution in [2.75, 3.05) is 13.2 Å². The van der Waals surface area contributed by atoms with Crippen LogP contribution in [0.15, 0.2) is 36.4 Å². The molecule has 3 amide bonds. The van der Waals surface area contributed by atoms with Crippen molar-refractivity contribution in [3.63, 3.8) is 0 Å². The van der Waals surface area contributed by atoms with E-state index in [9.17, 15) is 24.3 Å². The van der Waals surface area contributed by atoms with Crippen LogP contribution in [0.1, 0.15) is 78.7 Å². The maximum Gasteiger partial charge on any atom is 0.408 e. The third-order valence-corrected chi connectivity index (χ3v) is 8.51. The molecule has 3 N–H and O–H groups in total. The van der Waals surface area contributed by atoms with Crippen LogP contribution in [0.2, 0.25) is 0 Å². The first kappa shape index (κ1) is 32.9. The number of alkyl carbamates (subject to hydrolysis) is 1. The van der Waals surface area contributed by atoms with Gasteiger partial charge < -0.3 is 30.1 Å². The van der Waals surface area contributed by atoms with Gasteiger partial charge >= 0.3 is 12.1 Å². The highest BCUT2D eigenvalue weighted by Gasteiger charge is 2.61. The SMILES string of the molecule is CCOc1ccc(-c2nnn([C@H]3C[C@H]4C(=O)N[C@@]5(C(=O)O)C[C@H]5C=CCCCCC[C@@H](NC(=O)OC(C)(C)C)C(=O)N4C3)n2)cc1. The van der Waals surface area contributed by atoms with E-state index >= 15 is 0 Å². The fourth-order valence-corrected chi connectivity index (χ4v) is 6.06. The van der Waals surface area contributed by atoms with E-state index in [1.54, 1.807) is 20.8 Å². The van der Waals surface area contributed by atoms with Crippen LogP contribution in [-0.2, 0) is 19.1 Å². The van der Waals surface area contributed by atoms with E-state index in [0.717, 1.165) is 19.3 Å². The third-order valence-electron chi connectivity index (χ3n) is 8.51. The summed E-state index contributed by atoms with van der Waals surface area (Å²) in [7, 11) is 0. The van der Waals surface area contributed by atoms with Gasteiger partial charge in [-0.1, -0.05) is 25.0 Å². The number of nitrogens with one attached hydrogen (secondary N) is 2. The molecule has 2 fully saturated rings. The van der Waals surface area contributed by atoms with E-state index in [1.807, 2.05) is 43.3 Å². The summed E-state index contributed by atoms with van der Waals surface area (Å²) in [5.41, 5.74) is -1.48. The number of hydrogen-bond acceptors (Lipinski definition) is 9. The molecule has 14 nitrogen and oxygen atoms in total. The van der Waals surface area contributed by atoms with E-state index in [-0.39, 0.29) is 25.3 Å². The van der Waals surface area contributed by atoms with Crippen LogP contribution in [0.4, 0.5) is 4.79 Å². The van der Waals surface area contributed by atoms with Crippen molar-refractivity contribution in [2.24, 2.45) is 5.92 Å². The molecule has 3 aliphatic rings.